The number of carbonyl (C=O) groups excluding carboxylic acids is 1. The van der Waals surface area contributed by atoms with Crippen molar-refractivity contribution in [3.63, 3.8) is 0 Å². The maximum atomic E-state index is 12.4. The molecule has 2 fully saturated rings. The summed E-state index contributed by atoms with van der Waals surface area (Å²) in [6.45, 7) is 5.43. The summed E-state index contributed by atoms with van der Waals surface area (Å²) in [5, 5.41) is 4.33. The van der Waals surface area contributed by atoms with Crippen LogP contribution in [0.15, 0.2) is 18.5 Å². The Morgan fingerprint density at radius 2 is 2.00 bits per heavy atom. The predicted molar refractivity (Wildman–Crippen MR) is 86.6 cm³/mol. The Hall–Kier alpha value is -1.36. The van der Waals surface area contributed by atoms with Gasteiger partial charge < -0.3 is 9.80 Å². The highest BCUT2D eigenvalue weighted by molar-refractivity contribution is 5.76. The van der Waals surface area contributed by atoms with Crippen molar-refractivity contribution < 1.29 is 4.79 Å². The monoisotopic (exact) mass is 304 g/mol. The number of likely N-dealkylation sites (tertiary alicyclic amines) is 2. The number of amides is 1. The van der Waals surface area contributed by atoms with Gasteiger partial charge >= 0.3 is 0 Å². The molecule has 3 rings (SSSR count). The first kappa shape index (κ1) is 15.5. The van der Waals surface area contributed by atoms with Crippen molar-refractivity contribution in [3.05, 3.63) is 18.5 Å². The third-order valence-electron chi connectivity index (χ3n) is 4.96. The lowest BCUT2D eigenvalue weighted by molar-refractivity contribution is -0.133. The molecule has 1 amide bonds. The first-order chi connectivity index (χ1) is 10.8. The Bertz CT molecular complexity index is 453. The van der Waals surface area contributed by atoms with Crippen molar-refractivity contribution in [1.29, 1.82) is 0 Å². The molecule has 1 aromatic rings. The van der Waals surface area contributed by atoms with Crippen LogP contribution in [0.3, 0.4) is 0 Å². The van der Waals surface area contributed by atoms with Crippen LogP contribution in [-0.4, -0.2) is 58.2 Å². The van der Waals surface area contributed by atoms with Crippen LogP contribution >= 0.6 is 0 Å². The summed E-state index contributed by atoms with van der Waals surface area (Å²) in [6, 6.07) is 2.32. The van der Waals surface area contributed by atoms with E-state index in [1.165, 1.54) is 32.5 Å². The van der Waals surface area contributed by atoms with E-state index in [0.717, 1.165) is 38.8 Å². The largest absolute Gasteiger partial charge is 0.341 e. The van der Waals surface area contributed by atoms with Crippen LogP contribution in [0.5, 0.6) is 0 Å². The van der Waals surface area contributed by atoms with Gasteiger partial charge in [-0.3, -0.25) is 9.48 Å². The minimum atomic E-state index is 0.332. The van der Waals surface area contributed by atoms with Crippen molar-refractivity contribution in [2.45, 2.75) is 51.0 Å². The van der Waals surface area contributed by atoms with Crippen molar-refractivity contribution in [1.82, 2.24) is 19.6 Å². The molecule has 2 aliphatic heterocycles. The molecule has 3 heterocycles. The zero-order valence-corrected chi connectivity index (χ0v) is 13.5. The standard InChI is InChI=1S/C17H28N4O/c22-17(8-1-2-10-19-11-3-4-12-19)20-13-5-7-16(15-20)21-14-6-9-18-21/h6,9,14,16H,1-5,7-8,10-13,15H2/t16-/m1/s1. The molecular weight excluding hydrogens is 276 g/mol. The molecule has 0 bridgehead atoms. The highest BCUT2D eigenvalue weighted by Gasteiger charge is 2.24. The van der Waals surface area contributed by atoms with E-state index in [4.69, 9.17) is 0 Å². The molecule has 0 aliphatic carbocycles. The highest BCUT2D eigenvalue weighted by Crippen LogP contribution is 2.21. The summed E-state index contributed by atoms with van der Waals surface area (Å²) >= 11 is 0. The van der Waals surface area contributed by atoms with Gasteiger partial charge in [-0.2, -0.15) is 5.10 Å². The molecule has 0 spiro atoms. The van der Waals surface area contributed by atoms with E-state index in [1.807, 2.05) is 28.0 Å². The van der Waals surface area contributed by atoms with Crippen molar-refractivity contribution in [3.8, 4) is 0 Å². The summed E-state index contributed by atoms with van der Waals surface area (Å²) in [6.07, 6.45) is 11.6. The van der Waals surface area contributed by atoms with Gasteiger partial charge in [0, 0.05) is 31.9 Å². The summed E-state index contributed by atoms with van der Waals surface area (Å²) in [5.74, 6) is 0.332. The molecule has 0 radical (unpaired) electrons. The second-order valence-corrected chi connectivity index (χ2v) is 6.63. The molecule has 22 heavy (non-hydrogen) atoms. The molecule has 1 aromatic heterocycles. The van der Waals surface area contributed by atoms with Crippen LogP contribution in [0.4, 0.5) is 0 Å². The molecule has 0 unspecified atom stereocenters. The summed E-state index contributed by atoms with van der Waals surface area (Å²) in [7, 11) is 0. The minimum Gasteiger partial charge on any atom is -0.341 e. The first-order valence-electron chi connectivity index (χ1n) is 8.82. The minimum absolute atomic E-state index is 0.332. The molecule has 2 aliphatic rings. The quantitative estimate of drug-likeness (QED) is 0.757. The maximum absolute atomic E-state index is 12.4. The van der Waals surface area contributed by atoms with Gasteiger partial charge in [-0.05, 0) is 64.2 Å². The van der Waals surface area contributed by atoms with Crippen LogP contribution in [0.25, 0.3) is 0 Å². The number of unbranched alkanes of at least 4 members (excludes halogenated alkanes) is 1. The van der Waals surface area contributed by atoms with Gasteiger partial charge in [-0.1, -0.05) is 0 Å². The summed E-state index contributed by atoms with van der Waals surface area (Å²) < 4.78 is 2.01. The lowest BCUT2D eigenvalue weighted by Gasteiger charge is -2.33. The van der Waals surface area contributed by atoms with Crippen LogP contribution in [0.2, 0.25) is 0 Å². The van der Waals surface area contributed by atoms with Gasteiger partial charge in [0.15, 0.2) is 0 Å². The molecule has 5 heteroatoms. The van der Waals surface area contributed by atoms with Gasteiger partial charge in [-0.25, -0.2) is 0 Å². The second kappa shape index (κ2) is 7.77. The lowest BCUT2D eigenvalue weighted by Crippen LogP contribution is -2.40. The Kier molecular flexibility index (Phi) is 5.48. The summed E-state index contributed by atoms with van der Waals surface area (Å²) in [5.41, 5.74) is 0. The van der Waals surface area contributed by atoms with E-state index in [2.05, 4.69) is 10.00 Å². The third kappa shape index (κ3) is 4.09. The number of aromatic nitrogens is 2. The number of rotatable bonds is 6. The number of hydrogen-bond donors (Lipinski definition) is 0. The van der Waals surface area contributed by atoms with Gasteiger partial charge in [0.05, 0.1) is 6.04 Å². The average Bonchev–Trinajstić information content (AvgIpc) is 3.24. The van der Waals surface area contributed by atoms with E-state index in [-0.39, 0.29) is 0 Å². The van der Waals surface area contributed by atoms with Crippen molar-refractivity contribution in [2.24, 2.45) is 0 Å². The zero-order valence-electron chi connectivity index (χ0n) is 13.5. The van der Waals surface area contributed by atoms with Crippen LogP contribution in [-0.2, 0) is 4.79 Å². The molecule has 1 atom stereocenters. The molecule has 2 saturated heterocycles. The molecule has 5 nitrogen and oxygen atoms in total. The third-order valence-corrected chi connectivity index (χ3v) is 4.96. The maximum Gasteiger partial charge on any atom is 0.222 e. The van der Waals surface area contributed by atoms with E-state index in [1.54, 1.807) is 0 Å². The lowest BCUT2D eigenvalue weighted by atomic mass is 10.1. The molecular formula is C17H28N4O. The van der Waals surface area contributed by atoms with Gasteiger partial charge in [0.25, 0.3) is 0 Å². The smallest absolute Gasteiger partial charge is 0.222 e. The SMILES string of the molecule is O=C(CCCCN1CCCC1)N1CCC[C@@H](n2cccn2)C1. The molecule has 0 N–H and O–H groups in total. The fourth-order valence-electron chi connectivity index (χ4n) is 3.67. The topological polar surface area (TPSA) is 41.4 Å². The van der Waals surface area contributed by atoms with Crippen molar-refractivity contribution >= 4 is 5.91 Å². The predicted octanol–water partition coefficient (Wildman–Crippen LogP) is 2.31. The number of nitrogens with zero attached hydrogens (tertiary/aromatic N) is 4. The van der Waals surface area contributed by atoms with Crippen LogP contribution in [0, 0.1) is 0 Å². The Morgan fingerprint density at radius 1 is 1.14 bits per heavy atom. The summed E-state index contributed by atoms with van der Waals surface area (Å²) in [4.78, 5) is 17.0. The molecule has 0 saturated carbocycles. The van der Waals surface area contributed by atoms with Crippen molar-refractivity contribution in [2.75, 3.05) is 32.7 Å². The van der Waals surface area contributed by atoms with E-state index >= 15 is 0 Å². The Morgan fingerprint density at radius 3 is 2.77 bits per heavy atom. The fourth-order valence-corrected chi connectivity index (χ4v) is 3.67. The van der Waals surface area contributed by atoms with E-state index in [0.29, 0.717) is 18.4 Å². The second-order valence-electron chi connectivity index (χ2n) is 6.63. The number of piperidine rings is 1. The van der Waals surface area contributed by atoms with E-state index in [9.17, 15) is 4.79 Å². The van der Waals surface area contributed by atoms with Gasteiger partial charge in [0.2, 0.25) is 5.91 Å². The number of hydrogen-bond acceptors (Lipinski definition) is 3. The van der Waals surface area contributed by atoms with Gasteiger partial charge in [0.1, 0.15) is 0 Å². The first-order valence-corrected chi connectivity index (χ1v) is 8.82. The average molecular weight is 304 g/mol. The molecule has 122 valence electrons. The highest BCUT2D eigenvalue weighted by atomic mass is 16.2. The zero-order chi connectivity index (χ0) is 15.2. The Labute approximate surface area is 133 Å². The van der Waals surface area contributed by atoms with Gasteiger partial charge in [-0.15, -0.1) is 0 Å². The van der Waals surface area contributed by atoms with Crippen LogP contribution < -0.4 is 0 Å². The Balaban J connectivity index is 1.37. The number of carbonyl (C=O) groups is 1. The normalized spacial score (nSPS) is 23.1. The fraction of sp³-hybridized carbons (Fsp3) is 0.765. The molecule has 0 aromatic carbocycles. The van der Waals surface area contributed by atoms with Crippen LogP contribution in [0.1, 0.15) is 51.0 Å². The van der Waals surface area contributed by atoms with E-state index < -0.39 is 0 Å².